The van der Waals surface area contributed by atoms with E-state index in [4.69, 9.17) is 11.6 Å². The minimum absolute atomic E-state index is 0.0142. The molecule has 0 unspecified atom stereocenters. The van der Waals surface area contributed by atoms with Gasteiger partial charge in [-0.05, 0) is 46.9 Å². The molecule has 8 heteroatoms. The molecular weight excluding hydrogens is 413 g/mol. The molecule has 0 atom stereocenters. The molecule has 0 saturated carbocycles. The van der Waals surface area contributed by atoms with E-state index in [1.54, 1.807) is 25.2 Å². The molecule has 0 aliphatic rings. The zero-order valence-electron chi connectivity index (χ0n) is 10.4. The van der Waals surface area contributed by atoms with Crippen LogP contribution in [0.3, 0.4) is 0 Å². The fourth-order valence-electron chi connectivity index (χ4n) is 1.52. The summed E-state index contributed by atoms with van der Waals surface area (Å²) in [4.78, 5) is 3.97. The Bertz CT molecular complexity index is 737. The van der Waals surface area contributed by atoms with Crippen LogP contribution in [-0.2, 0) is 10.0 Å². The maximum atomic E-state index is 12.2. The summed E-state index contributed by atoms with van der Waals surface area (Å²) in [5, 5.41) is 3.02. The van der Waals surface area contributed by atoms with E-state index in [-0.39, 0.29) is 9.92 Å². The normalized spacial score (nSPS) is 11.2. The van der Waals surface area contributed by atoms with Crippen LogP contribution in [0.5, 0.6) is 0 Å². The Balaban J connectivity index is 2.33. The monoisotopic (exact) mass is 423 g/mol. The van der Waals surface area contributed by atoms with E-state index >= 15 is 0 Å². The van der Waals surface area contributed by atoms with E-state index < -0.39 is 10.0 Å². The predicted molar refractivity (Wildman–Crippen MR) is 88.8 cm³/mol. The van der Waals surface area contributed by atoms with Gasteiger partial charge in [0.25, 0.3) is 10.0 Å². The number of halogens is 2. The van der Waals surface area contributed by atoms with Gasteiger partial charge in [-0.15, -0.1) is 0 Å². The minimum atomic E-state index is -3.71. The van der Waals surface area contributed by atoms with E-state index in [1.807, 2.05) is 6.07 Å². The van der Waals surface area contributed by atoms with Crippen LogP contribution in [0, 0.1) is 3.57 Å². The van der Waals surface area contributed by atoms with Gasteiger partial charge in [-0.3, -0.25) is 4.72 Å². The third-order valence-corrected chi connectivity index (χ3v) is 4.75. The second-order valence-electron chi connectivity index (χ2n) is 3.87. The molecule has 0 aliphatic carbocycles. The summed E-state index contributed by atoms with van der Waals surface area (Å²) in [6.07, 6.45) is 1.26. The van der Waals surface area contributed by atoms with Gasteiger partial charge in [-0.25, -0.2) is 13.4 Å². The third-order valence-electron chi connectivity index (χ3n) is 2.44. The number of hydrogen-bond acceptors (Lipinski definition) is 4. The highest BCUT2D eigenvalue weighted by atomic mass is 127. The Morgan fingerprint density at radius 2 is 2.05 bits per heavy atom. The Hall–Kier alpha value is -1.06. The van der Waals surface area contributed by atoms with E-state index in [2.05, 4.69) is 37.6 Å². The van der Waals surface area contributed by atoms with Crippen LogP contribution in [0.2, 0.25) is 5.02 Å². The van der Waals surface area contributed by atoms with Gasteiger partial charge in [0.05, 0.1) is 5.02 Å². The average Bonchev–Trinajstić information content (AvgIpc) is 2.38. The van der Waals surface area contributed by atoms with Crippen molar-refractivity contribution in [1.82, 2.24) is 4.98 Å². The molecule has 1 aromatic carbocycles. The van der Waals surface area contributed by atoms with Gasteiger partial charge in [0.1, 0.15) is 10.7 Å². The lowest BCUT2D eigenvalue weighted by Crippen LogP contribution is -2.13. The van der Waals surface area contributed by atoms with Crippen molar-refractivity contribution in [1.29, 1.82) is 0 Å². The zero-order chi connectivity index (χ0) is 14.8. The highest BCUT2D eigenvalue weighted by molar-refractivity contribution is 14.1. The molecule has 0 spiro atoms. The molecule has 0 saturated heterocycles. The summed E-state index contributed by atoms with van der Waals surface area (Å²) in [5.41, 5.74) is 0.491. The summed E-state index contributed by atoms with van der Waals surface area (Å²) in [6.45, 7) is 0. The molecule has 0 radical (unpaired) electrons. The lowest BCUT2D eigenvalue weighted by Gasteiger charge is -2.09. The highest BCUT2D eigenvalue weighted by Gasteiger charge is 2.16. The molecule has 106 valence electrons. The molecule has 2 N–H and O–H groups in total. The molecule has 0 aliphatic heterocycles. The van der Waals surface area contributed by atoms with Crippen LogP contribution in [0.4, 0.5) is 11.5 Å². The number of anilines is 2. The Morgan fingerprint density at radius 1 is 1.30 bits per heavy atom. The second-order valence-corrected chi connectivity index (χ2v) is 7.20. The summed E-state index contributed by atoms with van der Waals surface area (Å²) in [5.74, 6) is 0.430. The van der Waals surface area contributed by atoms with E-state index in [0.717, 1.165) is 3.57 Å². The van der Waals surface area contributed by atoms with Gasteiger partial charge in [-0.1, -0.05) is 17.7 Å². The summed E-state index contributed by atoms with van der Waals surface area (Å²) in [6, 6.07) is 8.41. The lowest BCUT2D eigenvalue weighted by atomic mass is 10.3. The molecule has 20 heavy (non-hydrogen) atoms. The molecule has 2 rings (SSSR count). The Labute approximate surface area is 135 Å². The molecule has 1 heterocycles. The van der Waals surface area contributed by atoms with Crippen LogP contribution in [0.25, 0.3) is 0 Å². The van der Waals surface area contributed by atoms with Crippen molar-refractivity contribution >= 4 is 55.7 Å². The third kappa shape index (κ3) is 3.53. The number of hydrogen-bond donors (Lipinski definition) is 2. The standard InChI is InChI=1S/C12H11ClIN3O2S/c1-15-12-11(13)6-10(7-16-12)20(18,19)17-9-4-2-3-8(14)5-9/h2-7,17H,1H3,(H,15,16). The van der Waals surface area contributed by atoms with Gasteiger partial charge >= 0.3 is 0 Å². The molecule has 0 fully saturated rings. The van der Waals surface area contributed by atoms with Gasteiger partial charge in [0.2, 0.25) is 0 Å². The summed E-state index contributed by atoms with van der Waals surface area (Å²) in [7, 11) is -2.05. The van der Waals surface area contributed by atoms with Crippen molar-refractivity contribution < 1.29 is 8.42 Å². The van der Waals surface area contributed by atoms with Crippen molar-refractivity contribution in [2.24, 2.45) is 0 Å². The van der Waals surface area contributed by atoms with Crippen molar-refractivity contribution in [3.8, 4) is 0 Å². The number of benzene rings is 1. The van der Waals surface area contributed by atoms with Gasteiger partial charge in [0.15, 0.2) is 0 Å². The predicted octanol–water partition coefficient (Wildman–Crippen LogP) is 3.18. The molecule has 2 aromatic rings. The second kappa shape index (κ2) is 6.15. The number of nitrogens with one attached hydrogen (secondary N) is 2. The average molecular weight is 424 g/mol. The van der Waals surface area contributed by atoms with Crippen LogP contribution >= 0.6 is 34.2 Å². The minimum Gasteiger partial charge on any atom is -0.372 e. The number of nitrogens with zero attached hydrogens (tertiary/aromatic N) is 1. The first-order valence-corrected chi connectivity index (χ1v) is 8.48. The molecule has 5 nitrogen and oxygen atoms in total. The van der Waals surface area contributed by atoms with Crippen molar-refractivity contribution in [3.05, 3.63) is 45.1 Å². The first-order valence-electron chi connectivity index (χ1n) is 5.54. The van der Waals surface area contributed by atoms with Crippen LogP contribution in [0.15, 0.2) is 41.4 Å². The van der Waals surface area contributed by atoms with E-state index in [0.29, 0.717) is 11.5 Å². The van der Waals surface area contributed by atoms with Gasteiger partial charge < -0.3 is 5.32 Å². The SMILES string of the molecule is CNc1ncc(S(=O)(=O)Nc2cccc(I)c2)cc1Cl. The largest absolute Gasteiger partial charge is 0.372 e. The maximum Gasteiger partial charge on any atom is 0.263 e. The van der Waals surface area contributed by atoms with Crippen molar-refractivity contribution in [3.63, 3.8) is 0 Å². The van der Waals surface area contributed by atoms with Crippen LogP contribution in [0.1, 0.15) is 0 Å². The molecule has 0 amide bonds. The lowest BCUT2D eigenvalue weighted by molar-refractivity contribution is 0.601. The summed E-state index contributed by atoms with van der Waals surface area (Å²) < 4.78 is 27.9. The molecule has 0 bridgehead atoms. The zero-order valence-corrected chi connectivity index (χ0v) is 14.1. The van der Waals surface area contributed by atoms with E-state index in [9.17, 15) is 8.42 Å². The maximum absolute atomic E-state index is 12.2. The van der Waals surface area contributed by atoms with Crippen molar-refractivity contribution in [2.45, 2.75) is 4.90 Å². The number of pyridine rings is 1. The highest BCUT2D eigenvalue weighted by Crippen LogP contribution is 2.24. The number of sulfonamides is 1. The Morgan fingerprint density at radius 3 is 2.65 bits per heavy atom. The van der Waals surface area contributed by atoms with Crippen LogP contribution < -0.4 is 10.0 Å². The topological polar surface area (TPSA) is 71.1 Å². The Kier molecular flexibility index (Phi) is 4.71. The smallest absolute Gasteiger partial charge is 0.263 e. The van der Waals surface area contributed by atoms with Gasteiger partial charge in [0, 0.05) is 22.5 Å². The molecule has 1 aromatic heterocycles. The quantitative estimate of drug-likeness (QED) is 0.741. The number of rotatable bonds is 4. The summed E-state index contributed by atoms with van der Waals surface area (Å²) >= 11 is 8.06. The first kappa shape index (κ1) is 15.3. The van der Waals surface area contributed by atoms with Crippen molar-refractivity contribution in [2.75, 3.05) is 17.1 Å². The molecular formula is C12H11ClIN3O2S. The first-order chi connectivity index (χ1) is 9.42. The fraction of sp³-hybridized carbons (Fsp3) is 0.0833. The van der Waals surface area contributed by atoms with Crippen LogP contribution in [-0.4, -0.2) is 20.4 Å². The van der Waals surface area contributed by atoms with E-state index in [1.165, 1.54) is 12.3 Å². The van der Waals surface area contributed by atoms with Gasteiger partial charge in [-0.2, -0.15) is 0 Å². The number of aromatic nitrogens is 1. The fourth-order valence-corrected chi connectivity index (χ4v) is 3.41.